The molecule has 0 aromatic heterocycles. The zero-order chi connectivity index (χ0) is 19.1. The van der Waals surface area contributed by atoms with Crippen molar-refractivity contribution in [2.75, 3.05) is 26.2 Å². The molecule has 1 aliphatic rings. The molecule has 1 heterocycles. The summed E-state index contributed by atoms with van der Waals surface area (Å²) in [4.78, 5) is 47.3. The molecule has 140 valence electrons. The maximum atomic E-state index is 12.0. The molecule has 1 aromatic rings. The Bertz CT molecular complexity index is 718. The van der Waals surface area contributed by atoms with Gasteiger partial charge in [0.05, 0.1) is 4.92 Å². The summed E-state index contributed by atoms with van der Waals surface area (Å²) in [7, 11) is 0. The first-order chi connectivity index (χ1) is 12.4. The lowest BCUT2D eigenvalue weighted by Crippen LogP contribution is -2.39. The predicted molar refractivity (Wildman–Crippen MR) is 91.8 cm³/mol. The van der Waals surface area contributed by atoms with Crippen LogP contribution in [0.2, 0.25) is 5.02 Å². The van der Waals surface area contributed by atoms with Gasteiger partial charge in [-0.3, -0.25) is 24.5 Å². The third kappa shape index (κ3) is 5.69. The number of nitro benzene ring substituents is 1. The van der Waals surface area contributed by atoms with Crippen molar-refractivity contribution >= 4 is 35.1 Å². The number of hydrogen-bond acceptors (Lipinski definition) is 6. The third-order valence-corrected chi connectivity index (χ3v) is 4.03. The molecule has 0 unspecified atom stereocenters. The first-order valence-corrected chi connectivity index (χ1v) is 8.41. The zero-order valence-electron chi connectivity index (χ0n) is 13.9. The van der Waals surface area contributed by atoms with Gasteiger partial charge < -0.3 is 15.0 Å². The smallest absolute Gasteiger partial charge is 0.325 e. The third-order valence-electron chi connectivity index (χ3n) is 3.81. The Labute approximate surface area is 154 Å². The van der Waals surface area contributed by atoms with Gasteiger partial charge in [0.15, 0.2) is 6.61 Å². The standard InChI is InChI=1S/C16H18ClN3O6/c17-12-6-11(7-13(8-12)20(24)25)16(23)18-9-15(22)26-10-14(21)19-4-2-1-3-5-19/h6-8H,1-5,9-10H2,(H,18,23). The highest BCUT2D eigenvalue weighted by molar-refractivity contribution is 6.31. The van der Waals surface area contributed by atoms with E-state index in [0.717, 1.165) is 31.4 Å². The molecule has 0 aliphatic carbocycles. The summed E-state index contributed by atoms with van der Waals surface area (Å²) in [5.41, 5.74) is -0.390. The number of benzene rings is 1. The van der Waals surface area contributed by atoms with Crippen molar-refractivity contribution in [3.8, 4) is 0 Å². The number of halogens is 1. The minimum Gasteiger partial charge on any atom is -0.454 e. The average Bonchev–Trinajstić information content (AvgIpc) is 2.64. The van der Waals surface area contributed by atoms with E-state index in [1.165, 1.54) is 6.07 Å². The Morgan fingerprint density at radius 2 is 1.88 bits per heavy atom. The quantitative estimate of drug-likeness (QED) is 0.452. The van der Waals surface area contributed by atoms with Crippen molar-refractivity contribution in [1.82, 2.24) is 10.2 Å². The number of esters is 1. The molecule has 2 rings (SSSR count). The minimum atomic E-state index is -0.778. The summed E-state index contributed by atoms with van der Waals surface area (Å²) in [5, 5.41) is 13.1. The fourth-order valence-corrected chi connectivity index (χ4v) is 2.72. The second-order valence-electron chi connectivity index (χ2n) is 5.74. The Morgan fingerprint density at radius 1 is 1.19 bits per heavy atom. The number of ether oxygens (including phenoxy) is 1. The second kappa shape index (κ2) is 9.14. The van der Waals surface area contributed by atoms with E-state index in [1.807, 2.05) is 0 Å². The first kappa shape index (κ1) is 19.6. The minimum absolute atomic E-state index is 0.0269. The van der Waals surface area contributed by atoms with Crippen molar-refractivity contribution in [2.45, 2.75) is 19.3 Å². The lowest BCUT2D eigenvalue weighted by atomic mass is 10.1. The molecule has 10 heteroatoms. The highest BCUT2D eigenvalue weighted by Crippen LogP contribution is 2.20. The number of piperidine rings is 1. The van der Waals surface area contributed by atoms with Crippen LogP contribution in [-0.2, 0) is 14.3 Å². The normalized spacial score (nSPS) is 13.8. The molecule has 0 radical (unpaired) electrons. The van der Waals surface area contributed by atoms with Gasteiger partial charge in [-0.2, -0.15) is 0 Å². The Balaban J connectivity index is 1.80. The van der Waals surface area contributed by atoms with Gasteiger partial charge in [-0.1, -0.05) is 11.6 Å². The van der Waals surface area contributed by atoms with Crippen LogP contribution in [-0.4, -0.2) is 53.8 Å². The monoisotopic (exact) mass is 383 g/mol. The van der Waals surface area contributed by atoms with Crippen molar-refractivity contribution in [3.05, 3.63) is 38.9 Å². The van der Waals surface area contributed by atoms with E-state index in [1.54, 1.807) is 4.90 Å². The van der Waals surface area contributed by atoms with Gasteiger partial charge in [0.1, 0.15) is 6.54 Å². The highest BCUT2D eigenvalue weighted by Gasteiger charge is 2.19. The number of non-ortho nitro benzene ring substituents is 1. The summed E-state index contributed by atoms with van der Waals surface area (Å²) in [6, 6.07) is 3.40. The predicted octanol–water partition coefficient (Wildman–Crippen LogP) is 1.53. The molecule has 1 aliphatic heterocycles. The van der Waals surface area contributed by atoms with Crippen LogP contribution in [0.5, 0.6) is 0 Å². The number of hydrogen-bond donors (Lipinski definition) is 1. The van der Waals surface area contributed by atoms with Crippen LogP contribution in [0.1, 0.15) is 29.6 Å². The molecule has 1 aromatic carbocycles. The van der Waals surface area contributed by atoms with Crippen LogP contribution in [0.3, 0.4) is 0 Å². The van der Waals surface area contributed by atoms with Crippen LogP contribution in [0.15, 0.2) is 18.2 Å². The molecule has 2 amide bonds. The molecule has 0 atom stereocenters. The van der Waals surface area contributed by atoms with E-state index in [0.29, 0.717) is 13.1 Å². The fraction of sp³-hybridized carbons (Fsp3) is 0.438. The van der Waals surface area contributed by atoms with Gasteiger partial charge in [0, 0.05) is 35.8 Å². The van der Waals surface area contributed by atoms with Crippen LogP contribution < -0.4 is 5.32 Å². The van der Waals surface area contributed by atoms with Gasteiger partial charge in [-0.05, 0) is 25.3 Å². The van der Waals surface area contributed by atoms with Gasteiger partial charge in [-0.25, -0.2) is 0 Å². The van der Waals surface area contributed by atoms with Gasteiger partial charge in [0.2, 0.25) is 0 Å². The lowest BCUT2D eigenvalue weighted by Gasteiger charge is -2.26. The SMILES string of the molecule is O=C(CNC(=O)c1cc(Cl)cc([N+](=O)[O-])c1)OCC(=O)N1CCCCC1. The number of nitro groups is 1. The number of carbonyl (C=O) groups excluding carboxylic acids is 3. The first-order valence-electron chi connectivity index (χ1n) is 8.03. The van der Waals surface area contributed by atoms with Crippen molar-refractivity contribution in [1.29, 1.82) is 0 Å². The van der Waals surface area contributed by atoms with E-state index in [-0.39, 0.29) is 28.8 Å². The summed E-state index contributed by atoms with van der Waals surface area (Å²) in [6.45, 7) is 0.463. The molecule has 0 bridgehead atoms. The molecular formula is C16H18ClN3O6. The largest absolute Gasteiger partial charge is 0.454 e. The number of carbonyl (C=O) groups is 3. The molecule has 1 N–H and O–H groups in total. The van der Waals surface area contributed by atoms with Gasteiger partial charge in [-0.15, -0.1) is 0 Å². The number of nitrogens with one attached hydrogen (secondary N) is 1. The zero-order valence-corrected chi connectivity index (χ0v) is 14.7. The van der Waals surface area contributed by atoms with Crippen molar-refractivity contribution in [3.63, 3.8) is 0 Å². The van der Waals surface area contributed by atoms with Crippen molar-refractivity contribution in [2.24, 2.45) is 0 Å². The van der Waals surface area contributed by atoms with Gasteiger partial charge in [0.25, 0.3) is 17.5 Å². The Hall–Kier alpha value is -2.68. The van der Waals surface area contributed by atoms with E-state index in [2.05, 4.69) is 5.32 Å². The maximum Gasteiger partial charge on any atom is 0.325 e. The molecule has 1 fully saturated rings. The second-order valence-corrected chi connectivity index (χ2v) is 6.18. The van der Waals surface area contributed by atoms with Gasteiger partial charge >= 0.3 is 5.97 Å². The van der Waals surface area contributed by atoms with E-state index < -0.39 is 23.3 Å². The highest BCUT2D eigenvalue weighted by atomic mass is 35.5. The average molecular weight is 384 g/mol. The van der Waals surface area contributed by atoms with Crippen LogP contribution in [0.4, 0.5) is 5.69 Å². The van der Waals surface area contributed by atoms with E-state index in [4.69, 9.17) is 16.3 Å². The molecule has 0 spiro atoms. The topological polar surface area (TPSA) is 119 Å². The van der Waals surface area contributed by atoms with E-state index in [9.17, 15) is 24.5 Å². The van der Waals surface area contributed by atoms with E-state index >= 15 is 0 Å². The molecule has 9 nitrogen and oxygen atoms in total. The lowest BCUT2D eigenvalue weighted by molar-refractivity contribution is -0.384. The fourth-order valence-electron chi connectivity index (χ4n) is 2.49. The maximum absolute atomic E-state index is 12.0. The summed E-state index contributed by atoms with van der Waals surface area (Å²) in [5.74, 6) is -1.76. The summed E-state index contributed by atoms with van der Waals surface area (Å²) < 4.78 is 4.85. The van der Waals surface area contributed by atoms with Crippen LogP contribution in [0.25, 0.3) is 0 Å². The number of rotatable bonds is 6. The number of likely N-dealkylation sites (tertiary alicyclic amines) is 1. The summed E-state index contributed by atoms with van der Waals surface area (Å²) >= 11 is 5.74. The summed E-state index contributed by atoms with van der Waals surface area (Å²) in [6.07, 6.45) is 2.94. The Kier molecular flexibility index (Phi) is 6.90. The molecule has 0 saturated carbocycles. The number of amides is 2. The van der Waals surface area contributed by atoms with Crippen LogP contribution >= 0.6 is 11.6 Å². The number of nitrogens with zero attached hydrogens (tertiary/aromatic N) is 2. The Morgan fingerprint density at radius 3 is 2.54 bits per heavy atom. The molecular weight excluding hydrogens is 366 g/mol. The van der Waals surface area contributed by atoms with Crippen molar-refractivity contribution < 1.29 is 24.0 Å². The molecule has 1 saturated heterocycles. The van der Waals surface area contributed by atoms with Crippen LogP contribution in [0, 0.1) is 10.1 Å². The molecule has 26 heavy (non-hydrogen) atoms.